The van der Waals surface area contributed by atoms with Gasteiger partial charge < -0.3 is 19.7 Å². The highest BCUT2D eigenvalue weighted by Gasteiger charge is 2.53. The Bertz CT molecular complexity index is 1380. The van der Waals surface area contributed by atoms with E-state index in [0.717, 1.165) is 0 Å². The van der Waals surface area contributed by atoms with Gasteiger partial charge in [0.15, 0.2) is 5.60 Å². The predicted molar refractivity (Wildman–Crippen MR) is 129 cm³/mol. The van der Waals surface area contributed by atoms with Crippen molar-refractivity contribution in [3.05, 3.63) is 113 Å². The Morgan fingerprint density at radius 3 is 1.85 bits per heavy atom. The van der Waals surface area contributed by atoms with Gasteiger partial charge in [0.25, 0.3) is 0 Å². The van der Waals surface area contributed by atoms with Gasteiger partial charge in [0.2, 0.25) is 0 Å². The third-order valence-corrected chi connectivity index (χ3v) is 5.69. The van der Waals surface area contributed by atoms with E-state index in [0.29, 0.717) is 39.4 Å². The number of carbonyl (C=O) groups is 1. The largest absolute Gasteiger partial charge is 0.508 e. The summed E-state index contributed by atoms with van der Waals surface area (Å²) in [5.74, 6) is 0.153. The number of phenols is 2. The highest BCUT2D eigenvalue weighted by molar-refractivity contribution is 7.78. The lowest BCUT2D eigenvalue weighted by Gasteiger charge is -2.36. The molecule has 0 atom stereocenters. The maximum atomic E-state index is 12.7. The van der Waals surface area contributed by atoms with Crippen LogP contribution >= 0.6 is 12.2 Å². The van der Waals surface area contributed by atoms with Gasteiger partial charge in [0.1, 0.15) is 23.0 Å². The molecule has 6 nitrogen and oxygen atoms in total. The second-order valence-electron chi connectivity index (χ2n) is 7.62. The molecule has 34 heavy (non-hydrogen) atoms. The van der Waals surface area contributed by atoms with Crippen molar-refractivity contribution in [2.75, 3.05) is 0 Å². The SMILES string of the molecule is O=C1OC2(c3ccc(O)cc3Oc3cc(O)ccc32)c2cc(N=C=S)ccc21.c1ccccc1. The van der Waals surface area contributed by atoms with E-state index in [1.807, 2.05) is 36.4 Å². The lowest BCUT2D eigenvalue weighted by atomic mass is 9.77. The van der Waals surface area contributed by atoms with Crippen molar-refractivity contribution >= 4 is 29.0 Å². The zero-order valence-corrected chi connectivity index (χ0v) is 18.5. The summed E-state index contributed by atoms with van der Waals surface area (Å²) in [5.41, 5.74) is 1.30. The first-order valence-corrected chi connectivity index (χ1v) is 10.7. The number of nitrogens with zero attached hydrogens (tertiary/aromatic N) is 1. The van der Waals surface area contributed by atoms with E-state index in [-0.39, 0.29) is 11.5 Å². The quantitative estimate of drug-likeness (QED) is 0.200. The molecule has 0 saturated carbocycles. The molecule has 4 aromatic rings. The van der Waals surface area contributed by atoms with E-state index in [2.05, 4.69) is 10.2 Å². The summed E-state index contributed by atoms with van der Waals surface area (Å²) in [6.07, 6.45) is 0. The second-order valence-corrected chi connectivity index (χ2v) is 7.80. The number of esters is 1. The van der Waals surface area contributed by atoms with Crippen LogP contribution in [-0.2, 0) is 10.3 Å². The smallest absolute Gasteiger partial charge is 0.340 e. The van der Waals surface area contributed by atoms with E-state index in [9.17, 15) is 15.0 Å². The monoisotopic (exact) mass is 467 g/mol. The van der Waals surface area contributed by atoms with Crippen LogP contribution in [0.4, 0.5) is 5.69 Å². The molecule has 4 aromatic carbocycles. The molecule has 0 aromatic heterocycles. The van der Waals surface area contributed by atoms with Crippen LogP contribution < -0.4 is 4.74 Å². The van der Waals surface area contributed by atoms with Gasteiger partial charge in [-0.15, -0.1) is 0 Å². The Hall–Kier alpha value is -4.45. The zero-order valence-electron chi connectivity index (χ0n) is 17.6. The normalized spacial score (nSPS) is 13.7. The third-order valence-electron chi connectivity index (χ3n) is 5.60. The fourth-order valence-electron chi connectivity index (χ4n) is 4.19. The molecule has 0 fully saturated rings. The Labute approximate surface area is 200 Å². The van der Waals surface area contributed by atoms with E-state index < -0.39 is 11.6 Å². The van der Waals surface area contributed by atoms with Gasteiger partial charge in [0, 0.05) is 28.8 Å². The predicted octanol–water partition coefficient (Wildman–Crippen LogP) is 6.09. The molecule has 2 aliphatic rings. The van der Waals surface area contributed by atoms with Crippen molar-refractivity contribution in [1.29, 1.82) is 0 Å². The lowest BCUT2D eigenvalue weighted by molar-refractivity contribution is 0.0224. The summed E-state index contributed by atoms with van der Waals surface area (Å²) in [6.45, 7) is 0. The third kappa shape index (κ3) is 3.49. The maximum absolute atomic E-state index is 12.7. The van der Waals surface area contributed by atoms with Crippen LogP contribution in [0.2, 0.25) is 0 Å². The van der Waals surface area contributed by atoms with Gasteiger partial charge in [0.05, 0.1) is 16.4 Å². The van der Waals surface area contributed by atoms with Gasteiger partial charge >= 0.3 is 5.97 Å². The van der Waals surface area contributed by atoms with Gasteiger partial charge in [-0.1, -0.05) is 36.4 Å². The topological polar surface area (TPSA) is 88.4 Å². The molecule has 2 aliphatic heterocycles. The van der Waals surface area contributed by atoms with E-state index >= 15 is 0 Å². The number of fused-ring (bicyclic) bond motifs is 6. The summed E-state index contributed by atoms with van der Waals surface area (Å²) < 4.78 is 11.8. The number of aromatic hydroxyl groups is 2. The summed E-state index contributed by atoms with van der Waals surface area (Å²) in [4.78, 5) is 16.7. The molecule has 0 aliphatic carbocycles. The van der Waals surface area contributed by atoms with Crippen molar-refractivity contribution < 1.29 is 24.5 Å². The lowest BCUT2D eigenvalue weighted by Crippen LogP contribution is -2.32. The number of carbonyl (C=O) groups excluding carboxylic acids is 1. The van der Waals surface area contributed by atoms with Crippen molar-refractivity contribution in [3.8, 4) is 23.0 Å². The summed E-state index contributed by atoms with van der Waals surface area (Å²) in [6, 6.07) is 26.2. The second kappa shape index (κ2) is 8.48. The van der Waals surface area contributed by atoms with E-state index in [4.69, 9.17) is 21.7 Å². The van der Waals surface area contributed by atoms with Crippen molar-refractivity contribution in [3.63, 3.8) is 0 Å². The zero-order chi connectivity index (χ0) is 23.7. The van der Waals surface area contributed by atoms with Crippen LogP contribution in [0.5, 0.6) is 23.0 Å². The van der Waals surface area contributed by atoms with Crippen LogP contribution in [0.1, 0.15) is 27.0 Å². The number of thiocarbonyl (C=S) groups is 1. The van der Waals surface area contributed by atoms with Crippen LogP contribution in [-0.4, -0.2) is 21.3 Å². The molecule has 0 bridgehead atoms. The van der Waals surface area contributed by atoms with Gasteiger partial charge in [-0.3, -0.25) is 0 Å². The van der Waals surface area contributed by atoms with Gasteiger partial charge in [-0.2, -0.15) is 4.99 Å². The minimum atomic E-state index is -1.30. The molecule has 1 spiro atoms. The summed E-state index contributed by atoms with van der Waals surface area (Å²) in [7, 11) is 0. The molecule has 2 N–H and O–H groups in total. The Morgan fingerprint density at radius 2 is 1.32 bits per heavy atom. The van der Waals surface area contributed by atoms with Gasteiger partial charge in [-0.25, -0.2) is 4.79 Å². The molecule has 0 amide bonds. The Kier molecular flexibility index (Phi) is 5.34. The minimum Gasteiger partial charge on any atom is -0.508 e. The van der Waals surface area contributed by atoms with E-state index in [1.54, 1.807) is 30.3 Å². The van der Waals surface area contributed by atoms with Gasteiger partial charge in [-0.05, 0) is 54.7 Å². The number of aliphatic imine (C=N–C) groups is 1. The molecule has 166 valence electrons. The molecular formula is C27H17NO5S. The summed E-state index contributed by atoms with van der Waals surface area (Å²) in [5, 5.41) is 22.1. The van der Waals surface area contributed by atoms with E-state index in [1.165, 1.54) is 24.3 Å². The van der Waals surface area contributed by atoms with Crippen LogP contribution in [0.15, 0.2) is 96.0 Å². The number of hydrogen-bond acceptors (Lipinski definition) is 7. The minimum absolute atomic E-state index is 0.00103. The van der Waals surface area contributed by atoms with Crippen molar-refractivity contribution in [1.82, 2.24) is 0 Å². The van der Waals surface area contributed by atoms with Crippen LogP contribution in [0.3, 0.4) is 0 Å². The van der Waals surface area contributed by atoms with Crippen molar-refractivity contribution in [2.24, 2.45) is 4.99 Å². The Morgan fingerprint density at radius 1 is 0.765 bits per heavy atom. The summed E-state index contributed by atoms with van der Waals surface area (Å²) >= 11 is 4.70. The maximum Gasteiger partial charge on any atom is 0.340 e. The number of isothiocyanates is 1. The molecule has 7 heteroatoms. The highest BCUT2D eigenvalue weighted by atomic mass is 32.1. The van der Waals surface area contributed by atoms with Crippen LogP contribution in [0.25, 0.3) is 0 Å². The fraction of sp³-hybridized carbons (Fsp3) is 0.0370. The number of benzene rings is 4. The van der Waals surface area contributed by atoms with Crippen LogP contribution in [0, 0.1) is 0 Å². The average Bonchev–Trinajstić information content (AvgIpc) is 3.12. The number of phenolic OH excluding ortho intramolecular Hbond substituents is 2. The molecule has 0 unspecified atom stereocenters. The first kappa shape index (κ1) is 21.4. The first-order chi connectivity index (χ1) is 16.5. The number of ether oxygens (including phenoxy) is 2. The molecule has 0 saturated heterocycles. The van der Waals surface area contributed by atoms with Crippen molar-refractivity contribution in [2.45, 2.75) is 5.60 Å². The number of hydrogen-bond donors (Lipinski definition) is 2. The molecule has 6 rings (SSSR count). The average molecular weight is 468 g/mol. The fourth-order valence-corrected chi connectivity index (χ4v) is 4.30. The highest BCUT2D eigenvalue weighted by Crippen LogP contribution is 2.57. The molecule has 2 heterocycles. The molecule has 0 radical (unpaired) electrons. The first-order valence-electron chi connectivity index (χ1n) is 10.3. The molecular weight excluding hydrogens is 450 g/mol. The Balaban J connectivity index is 0.000000351. The number of rotatable bonds is 1. The standard InChI is InChI=1S/C21H11NO5S.C6H6/c23-12-2-5-15-18(8-12)26-19-9-13(24)3-6-16(19)21(15)17-7-11(22-10-28)1-4-14(17)20(25)27-21;1-2-4-6-5-3-1/h1-9,23-24H;1-6H.